The smallest absolute Gasteiger partial charge is 0.338 e. The molecule has 0 saturated carbocycles. The molecule has 32 heteroatoms. The molecule has 616 valence electrons. The summed E-state index contributed by atoms with van der Waals surface area (Å²) in [5.41, 5.74) is -0.912. The number of rotatable bonds is 29. The highest BCUT2D eigenvalue weighted by molar-refractivity contribution is 5.93. The highest BCUT2D eigenvalue weighted by Gasteiger charge is 2.62. The molecule has 4 heterocycles. The largest absolute Gasteiger partial charge is 0.463 e. The Labute approximate surface area is 673 Å². The maximum absolute atomic E-state index is 15.2. The molecule has 0 unspecified atom stereocenters. The van der Waals surface area contributed by atoms with Gasteiger partial charge in [-0.05, 0) is 97.1 Å². The molecule has 8 aromatic carbocycles. The van der Waals surface area contributed by atoms with Gasteiger partial charge in [0.1, 0.15) is 68.7 Å². The Kier molecular flexibility index (Phi) is 29.1. The fourth-order valence-corrected chi connectivity index (χ4v) is 13.2. The molecule has 0 bridgehead atoms. The van der Waals surface area contributed by atoms with Crippen molar-refractivity contribution in [3.63, 3.8) is 0 Å². The first-order chi connectivity index (χ1) is 57.1. The van der Waals surface area contributed by atoms with Gasteiger partial charge in [0.05, 0.1) is 51.1 Å². The Morgan fingerprint density at radius 3 is 0.814 bits per heavy atom. The Morgan fingerprint density at radius 1 is 0.254 bits per heavy atom. The number of aliphatic hydroxyl groups excluding tert-OH is 3. The van der Waals surface area contributed by atoms with E-state index in [0.717, 1.165) is 20.8 Å². The third-order valence-electron chi connectivity index (χ3n) is 18.8. The quantitative estimate of drug-likeness (QED) is 0.0317. The molecule has 4 fully saturated rings. The molecule has 0 aromatic heterocycles. The van der Waals surface area contributed by atoms with Crippen molar-refractivity contribution in [2.75, 3.05) is 26.4 Å². The fraction of sp³-hybridized carbons (Fsp3) is 0.314. The molecule has 32 nitrogen and oxygen atoms in total. The van der Waals surface area contributed by atoms with Crippen molar-refractivity contribution >= 4 is 65.7 Å². The number of esters is 11. The molecule has 0 aliphatic carbocycles. The number of aliphatic hydroxyl groups is 3. The zero-order valence-electron chi connectivity index (χ0n) is 63.2. The molecule has 0 radical (unpaired) electrons. The average Bonchev–Trinajstić information content (AvgIpc) is 0.754. The number of hydrogen-bond acceptors (Lipinski definition) is 32. The van der Waals surface area contributed by atoms with Gasteiger partial charge in [0.25, 0.3) is 0 Å². The standard InChI is InChI=1S/C86H80O32/c1-48(88)101-45-60-64(104-49(2)89)68(71(83(100)106-60)105-50(3)90)117-86-74(115-82(99)58-42-26-11-27-43-58)70(66(111-78(95)54-34-18-7-19-35-54)62(109-86)47-103-76(93)52-30-14-5-15-31-52)118-84-72(113-80(97)56-38-22-9-23-39-56)67(63(91)59(44-87)107-84)116-85-73(114-81(98)57-40-24-10-25-41-57)69(112-79(96)55-36-20-8-21-37-55)65(110-77(94)53-32-16-6-17-33-53)61(108-85)46-102-75(92)51-28-12-4-13-29-51/h4-43,59-74,83-87,91,100H,44-47H2,1-3H3/t59-,60+,61-,62+,63-,64+,65-,66-,67-,68-,69-,70-,71-,72+,73+,74-,83-,84+,85+,86-/m0/s1. The predicted octanol–water partition coefficient (Wildman–Crippen LogP) is 6.88. The average molecular weight is 1630 g/mol. The van der Waals surface area contributed by atoms with Gasteiger partial charge in [-0.1, -0.05) is 146 Å². The molecule has 4 aliphatic rings. The minimum absolute atomic E-state index is 0.0147. The molecule has 12 rings (SSSR count). The number of hydrogen-bond donors (Lipinski definition) is 3. The summed E-state index contributed by atoms with van der Waals surface area (Å²) >= 11 is 0. The normalized spacial score (nSPS) is 26.5. The van der Waals surface area contributed by atoms with E-state index in [9.17, 15) is 53.7 Å². The predicted molar refractivity (Wildman–Crippen MR) is 400 cm³/mol. The summed E-state index contributed by atoms with van der Waals surface area (Å²) in [5.74, 6) is -12.2. The van der Waals surface area contributed by atoms with Gasteiger partial charge in [-0.15, -0.1) is 0 Å². The molecular weight excluding hydrogens is 1540 g/mol. The van der Waals surface area contributed by atoms with Crippen molar-refractivity contribution in [2.45, 2.75) is 144 Å². The van der Waals surface area contributed by atoms with Crippen LogP contribution in [0.3, 0.4) is 0 Å². The van der Waals surface area contributed by atoms with E-state index >= 15 is 14.4 Å². The summed E-state index contributed by atoms with van der Waals surface area (Å²) in [6.45, 7) is -1.02. The van der Waals surface area contributed by atoms with Crippen molar-refractivity contribution < 1.29 is 153 Å². The van der Waals surface area contributed by atoms with E-state index in [0.29, 0.717) is 0 Å². The second-order valence-corrected chi connectivity index (χ2v) is 27.0. The van der Waals surface area contributed by atoms with Gasteiger partial charge in [0.2, 0.25) is 0 Å². The zero-order valence-corrected chi connectivity index (χ0v) is 63.2. The molecule has 4 saturated heterocycles. The lowest BCUT2D eigenvalue weighted by Crippen LogP contribution is -2.69. The van der Waals surface area contributed by atoms with E-state index in [-0.39, 0.29) is 44.5 Å². The van der Waals surface area contributed by atoms with Crippen molar-refractivity contribution in [3.05, 3.63) is 287 Å². The van der Waals surface area contributed by atoms with Gasteiger partial charge in [0, 0.05) is 20.8 Å². The van der Waals surface area contributed by atoms with Crippen LogP contribution in [0.2, 0.25) is 0 Å². The lowest BCUT2D eigenvalue weighted by atomic mass is 9.94. The number of benzene rings is 8. The summed E-state index contributed by atoms with van der Waals surface area (Å²) < 4.78 is 114. The number of ether oxygens (including phenoxy) is 18. The van der Waals surface area contributed by atoms with Gasteiger partial charge in [-0.25, -0.2) is 38.4 Å². The van der Waals surface area contributed by atoms with Gasteiger partial charge in [-0.3, -0.25) is 14.4 Å². The summed E-state index contributed by atoms with van der Waals surface area (Å²) in [4.78, 5) is 157. The van der Waals surface area contributed by atoms with Crippen LogP contribution in [0.25, 0.3) is 0 Å². The number of carbonyl (C=O) groups excluding carboxylic acids is 11. The highest BCUT2D eigenvalue weighted by Crippen LogP contribution is 2.41. The minimum Gasteiger partial charge on any atom is -0.463 e. The lowest BCUT2D eigenvalue weighted by molar-refractivity contribution is -0.387. The Balaban J connectivity index is 1.05. The van der Waals surface area contributed by atoms with Gasteiger partial charge in [-0.2, -0.15) is 0 Å². The van der Waals surface area contributed by atoms with E-state index in [1.807, 2.05) is 0 Å². The molecule has 8 aromatic rings. The summed E-state index contributed by atoms with van der Waals surface area (Å²) in [6.07, 6.45) is -43.7. The van der Waals surface area contributed by atoms with Crippen molar-refractivity contribution in [2.24, 2.45) is 0 Å². The maximum atomic E-state index is 15.2. The van der Waals surface area contributed by atoms with Gasteiger partial charge >= 0.3 is 65.7 Å². The molecule has 4 aliphatic heterocycles. The molecular formula is C86H80O32. The maximum Gasteiger partial charge on any atom is 0.338 e. The molecule has 118 heavy (non-hydrogen) atoms. The second-order valence-electron chi connectivity index (χ2n) is 27.0. The molecule has 3 N–H and O–H groups in total. The monoisotopic (exact) mass is 1620 g/mol. The van der Waals surface area contributed by atoms with Crippen LogP contribution in [-0.4, -0.2) is 230 Å². The van der Waals surface area contributed by atoms with Gasteiger partial charge in [0.15, 0.2) is 74.0 Å². The first kappa shape index (κ1) is 84.9. The summed E-state index contributed by atoms with van der Waals surface area (Å²) in [7, 11) is 0. The van der Waals surface area contributed by atoms with Crippen LogP contribution in [0.15, 0.2) is 243 Å². The summed E-state index contributed by atoms with van der Waals surface area (Å²) in [5, 5.41) is 36.5. The van der Waals surface area contributed by atoms with Crippen LogP contribution in [0.5, 0.6) is 0 Å². The van der Waals surface area contributed by atoms with Crippen LogP contribution in [0, 0.1) is 0 Å². The highest BCUT2D eigenvalue weighted by atomic mass is 16.8. The zero-order chi connectivity index (χ0) is 83.4. The van der Waals surface area contributed by atoms with E-state index in [2.05, 4.69) is 0 Å². The van der Waals surface area contributed by atoms with Gasteiger partial charge < -0.3 is 101 Å². The molecule has 0 spiro atoms. The van der Waals surface area contributed by atoms with Crippen LogP contribution in [-0.2, 0) is 99.6 Å². The fourth-order valence-electron chi connectivity index (χ4n) is 13.2. The molecule has 0 amide bonds. The second kappa shape index (κ2) is 40.4. The SMILES string of the molecule is CC(=O)OC[C@H]1O[C@H](O)[C@@H](OC(C)=O)[C@@H](O[C@@H]2O[C@H](COC(=O)c3ccccc3)[C@H](OC(=O)c3ccccc3)[C@H](O[C@H]3O[C@@H](CO)[C@H](O)[C@H](O[C@H]4O[C@@H](COC(=O)c5ccccc5)[C@H](OC(=O)c5ccccc5)[C@H](OC(=O)c5ccccc5)[C@H]4OC(=O)c4ccccc4)[C@H]3OC(=O)c3ccccc3)[C@@H]2OC(=O)c2ccccc2)[C@@H]1OC(C)=O. The van der Waals surface area contributed by atoms with E-state index < -0.39 is 215 Å². The van der Waals surface area contributed by atoms with Crippen molar-refractivity contribution in [1.82, 2.24) is 0 Å². The Morgan fingerprint density at radius 2 is 0.492 bits per heavy atom. The van der Waals surface area contributed by atoms with Crippen molar-refractivity contribution in [1.29, 1.82) is 0 Å². The minimum atomic E-state index is -2.48. The third-order valence-corrected chi connectivity index (χ3v) is 18.8. The Bertz CT molecular complexity index is 4730. The first-order valence-corrected chi connectivity index (χ1v) is 37.1. The Hall–Kier alpha value is -12.5. The number of carbonyl (C=O) groups is 11. The van der Waals surface area contributed by atoms with Crippen LogP contribution in [0.1, 0.15) is 104 Å². The van der Waals surface area contributed by atoms with Crippen LogP contribution in [0.4, 0.5) is 0 Å². The van der Waals surface area contributed by atoms with E-state index in [4.69, 9.17) is 85.3 Å². The van der Waals surface area contributed by atoms with Crippen LogP contribution < -0.4 is 0 Å². The topological polar surface area (TPSA) is 415 Å². The summed E-state index contributed by atoms with van der Waals surface area (Å²) in [6, 6.07) is 58.4. The van der Waals surface area contributed by atoms with E-state index in [1.165, 1.54) is 182 Å². The lowest BCUT2D eigenvalue weighted by Gasteiger charge is -2.51. The molecule has 20 atom stereocenters. The first-order valence-electron chi connectivity index (χ1n) is 37.1. The van der Waals surface area contributed by atoms with Crippen LogP contribution >= 0.6 is 0 Å². The third kappa shape index (κ3) is 21.6. The van der Waals surface area contributed by atoms with E-state index in [1.54, 1.807) is 60.7 Å². The van der Waals surface area contributed by atoms with Crippen molar-refractivity contribution in [3.8, 4) is 0 Å².